The third kappa shape index (κ3) is 8.38. The van der Waals surface area contributed by atoms with Crippen molar-refractivity contribution in [2.75, 3.05) is 6.61 Å². The molecule has 122 valence electrons. The van der Waals surface area contributed by atoms with Gasteiger partial charge < -0.3 is 42.7 Å². The molecule has 5 atom stereocenters. The molecule has 0 saturated carbocycles. The Labute approximate surface area is 118 Å². The second-order valence-electron chi connectivity index (χ2n) is 5.19. The smallest absolute Gasteiger partial charge is 0.249 e. The minimum atomic E-state index is -1.98. The molecule has 0 aliphatic heterocycles. The lowest BCUT2D eigenvalue weighted by atomic mass is 9.99. The fourth-order valence-electron chi connectivity index (χ4n) is 0.691. The highest BCUT2D eigenvalue weighted by Crippen LogP contribution is 2.04. The van der Waals surface area contributed by atoms with Gasteiger partial charge in [-0.1, -0.05) is 0 Å². The lowest BCUT2D eigenvalue weighted by Gasteiger charge is -2.23. The van der Waals surface area contributed by atoms with Gasteiger partial charge >= 0.3 is 0 Å². The van der Waals surface area contributed by atoms with E-state index in [1.165, 1.54) is 0 Å². The first-order chi connectivity index (χ1) is 8.86. The number of carbonyl (C=O) groups excluding carboxylic acids is 1. The maximum atomic E-state index is 10.3. The van der Waals surface area contributed by atoms with E-state index in [4.69, 9.17) is 37.0 Å². The van der Waals surface area contributed by atoms with E-state index in [1.807, 2.05) is 20.8 Å². The fraction of sp³-hybridized carbons (Fsp3) is 0.909. The summed E-state index contributed by atoms with van der Waals surface area (Å²) in [4.78, 5) is 10.3. The summed E-state index contributed by atoms with van der Waals surface area (Å²) in [6, 6.07) is 0.0764. The van der Waals surface area contributed by atoms with Gasteiger partial charge in [-0.2, -0.15) is 0 Å². The number of nitrogens with two attached hydrogens (primary N) is 3. The number of carbonyl (C=O) groups is 1. The molecule has 0 heterocycles. The summed E-state index contributed by atoms with van der Waals surface area (Å²) >= 11 is 0. The van der Waals surface area contributed by atoms with Crippen LogP contribution in [-0.4, -0.2) is 74.0 Å². The Hall–Kier alpha value is -0.810. The van der Waals surface area contributed by atoms with Crippen LogP contribution in [0.1, 0.15) is 20.8 Å². The third-order valence-electron chi connectivity index (χ3n) is 2.72. The number of aliphatic hydroxyl groups excluding tert-OH is 5. The SMILES string of the molecule is CC(N)C(C)(C)N.NC(=O)[C@H](O)[C@@H](O)[C@H](O)[C@H](O)CO. The Morgan fingerprint density at radius 2 is 1.50 bits per heavy atom. The van der Waals surface area contributed by atoms with Gasteiger partial charge in [0.2, 0.25) is 5.91 Å². The zero-order valence-electron chi connectivity index (χ0n) is 12.0. The van der Waals surface area contributed by atoms with Crippen LogP contribution in [0.4, 0.5) is 0 Å². The summed E-state index contributed by atoms with van der Waals surface area (Å²) in [7, 11) is 0. The Kier molecular flexibility index (Phi) is 9.87. The maximum absolute atomic E-state index is 10.3. The van der Waals surface area contributed by atoms with Crippen molar-refractivity contribution in [1.82, 2.24) is 0 Å². The van der Waals surface area contributed by atoms with Gasteiger partial charge in [0.1, 0.15) is 18.3 Å². The number of primary amides is 1. The molecule has 0 spiro atoms. The van der Waals surface area contributed by atoms with E-state index in [0.29, 0.717) is 0 Å². The summed E-state index contributed by atoms with van der Waals surface area (Å²) in [6.45, 7) is 4.93. The van der Waals surface area contributed by atoms with Crippen LogP contribution in [0.2, 0.25) is 0 Å². The molecule has 9 nitrogen and oxygen atoms in total. The van der Waals surface area contributed by atoms with Crippen LogP contribution in [0.25, 0.3) is 0 Å². The highest BCUT2D eigenvalue weighted by molar-refractivity contribution is 5.79. The third-order valence-corrected chi connectivity index (χ3v) is 2.72. The van der Waals surface area contributed by atoms with Gasteiger partial charge in [-0.15, -0.1) is 0 Å². The molecule has 1 amide bonds. The van der Waals surface area contributed by atoms with Crippen molar-refractivity contribution in [3.63, 3.8) is 0 Å². The van der Waals surface area contributed by atoms with E-state index >= 15 is 0 Å². The Morgan fingerprint density at radius 3 is 1.70 bits per heavy atom. The fourth-order valence-corrected chi connectivity index (χ4v) is 0.691. The first kappa shape index (κ1) is 21.5. The molecule has 0 aliphatic carbocycles. The molecular formula is C11H27N3O6. The van der Waals surface area contributed by atoms with Crippen molar-refractivity contribution in [3.8, 4) is 0 Å². The average Bonchev–Trinajstić information content (AvgIpc) is 2.34. The van der Waals surface area contributed by atoms with Crippen LogP contribution >= 0.6 is 0 Å². The lowest BCUT2D eigenvalue weighted by Crippen LogP contribution is -2.50. The van der Waals surface area contributed by atoms with Crippen LogP contribution in [0, 0.1) is 0 Å². The summed E-state index contributed by atoms with van der Waals surface area (Å²) in [5.41, 5.74) is 15.4. The number of hydrogen-bond acceptors (Lipinski definition) is 8. The molecule has 0 aliphatic rings. The predicted molar refractivity (Wildman–Crippen MR) is 72.2 cm³/mol. The normalized spacial score (nSPS) is 19.1. The molecule has 0 aromatic carbocycles. The van der Waals surface area contributed by atoms with Gasteiger partial charge in [0.15, 0.2) is 6.10 Å². The standard InChI is InChI=1S/C6H13NO6.C5H14N2/c7-6(13)5(12)4(11)3(10)2(9)1-8;1-4(6)5(2,3)7/h2-5,8-12H,1H2,(H2,7,13);4H,6-7H2,1-3H3/t2-,3-,4+,5-;/m1./s1. The van der Waals surface area contributed by atoms with Crippen LogP contribution in [0.5, 0.6) is 0 Å². The zero-order valence-corrected chi connectivity index (χ0v) is 12.0. The molecule has 11 N–H and O–H groups in total. The zero-order chi connectivity index (χ0) is 16.7. The minimum Gasteiger partial charge on any atom is -0.394 e. The molecule has 20 heavy (non-hydrogen) atoms. The Bertz CT molecular complexity index is 282. The van der Waals surface area contributed by atoms with E-state index in [-0.39, 0.29) is 11.6 Å². The molecule has 0 aromatic rings. The van der Waals surface area contributed by atoms with E-state index < -0.39 is 36.9 Å². The quantitative estimate of drug-likeness (QED) is 0.242. The predicted octanol–water partition coefficient (Wildman–Crippen LogP) is -4.02. The first-order valence-corrected chi connectivity index (χ1v) is 6.03. The lowest BCUT2D eigenvalue weighted by molar-refractivity contribution is -0.146. The monoisotopic (exact) mass is 297 g/mol. The number of rotatable bonds is 6. The van der Waals surface area contributed by atoms with Crippen molar-refractivity contribution in [3.05, 3.63) is 0 Å². The van der Waals surface area contributed by atoms with Crippen molar-refractivity contribution in [1.29, 1.82) is 0 Å². The van der Waals surface area contributed by atoms with Crippen LogP contribution < -0.4 is 17.2 Å². The topological polar surface area (TPSA) is 196 Å². The second kappa shape index (κ2) is 9.19. The average molecular weight is 297 g/mol. The van der Waals surface area contributed by atoms with Crippen LogP contribution in [0.3, 0.4) is 0 Å². The Morgan fingerprint density at radius 1 is 1.15 bits per heavy atom. The second-order valence-corrected chi connectivity index (χ2v) is 5.19. The van der Waals surface area contributed by atoms with Crippen LogP contribution in [0.15, 0.2) is 0 Å². The first-order valence-electron chi connectivity index (χ1n) is 6.03. The van der Waals surface area contributed by atoms with E-state index in [9.17, 15) is 4.79 Å². The van der Waals surface area contributed by atoms with Gasteiger partial charge in [-0.25, -0.2) is 0 Å². The van der Waals surface area contributed by atoms with Gasteiger partial charge in [0.05, 0.1) is 6.61 Å². The van der Waals surface area contributed by atoms with E-state index in [0.717, 1.165) is 0 Å². The van der Waals surface area contributed by atoms with Crippen molar-refractivity contribution >= 4 is 5.91 Å². The maximum Gasteiger partial charge on any atom is 0.249 e. The van der Waals surface area contributed by atoms with Crippen molar-refractivity contribution in [2.45, 2.75) is 56.8 Å². The van der Waals surface area contributed by atoms with Crippen molar-refractivity contribution < 1.29 is 30.3 Å². The van der Waals surface area contributed by atoms with Gasteiger partial charge in [-0.05, 0) is 20.8 Å². The minimum absolute atomic E-state index is 0.0764. The van der Waals surface area contributed by atoms with Gasteiger partial charge in [0.25, 0.3) is 0 Å². The summed E-state index contributed by atoms with van der Waals surface area (Å²) in [6.07, 6.45) is -7.35. The Balaban J connectivity index is 0. The number of amides is 1. The van der Waals surface area contributed by atoms with E-state index in [1.54, 1.807) is 0 Å². The van der Waals surface area contributed by atoms with Crippen LogP contribution in [-0.2, 0) is 4.79 Å². The molecule has 9 heteroatoms. The summed E-state index contributed by atoms with van der Waals surface area (Å²) in [5.74, 6) is -1.23. The van der Waals surface area contributed by atoms with Crippen molar-refractivity contribution in [2.24, 2.45) is 17.2 Å². The summed E-state index contributed by atoms with van der Waals surface area (Å²) < 4.78 is 0. The molecule has 0 fully saturated rings. The van der Waals surface area contributed by atoms with Gasteiger partial charge in [0, 0.05) is 11.6 Å². The highest BCUT2D eigenvalue weighted by atomic mass is 16.4. The summed E-state index contributed by atoms with van der Waals surface area (Å²) in [5, 5.41) is 44.0. The van der Waals surface area contributed by atoms with Gasteiger partial charge in [-0.3, -0.25) is 4.79 Å². The molecule has 0 saturated heterocycles. The largest absolute Gasteiger partial charge is 0.394 e. The number of hydrogen-bond donors (Lipinski definition) is 8. The molecule has 0 radical (unpaired) electrons. The van der Waals surface area contributed by atoms with E-state index in [2.05, 4.69) is 5.73 Å². The number of aliphatic hydroxyl groups is 5. The molecular weight excluding hydrogens is 270 g/mol. The molecule has 0 bridgehead atoms. The molecule has 0 rings (SSSR count). The highest BCUT2D eigenvalue weighted by Gasteiger charge is 2.32. The molecule has 0 aromatic heterocycles. The molecule has 1 unspecified atom stereocenters.